The molecule has 0 bridgehead atoms. The number of rotatable bonds is 4. The number of sulfonamides is 1. The number of piperazine rings is 1. The van der Waals surface area contributed by atoms with Crippen molar-refractivity contribution >= 4 is 33.6 Å². The summed E-state index contributed by atoms with van der Waals surface area (Å²) >= 11 is 5.85. The van der Waals surface area contributed by atoms with Crippen LogP contribution in [0.15, 0.2) is 29.2 Å². The molecule has 2 aliphatic heterocycles. The summed E-state index contributed by atoms with van der Waals surface area (Å²) in [6.07, 6.45) is 0.924. The van der Waals surface area contributed by atoms with Crippen LogP contribution < -0.4 is 0 Å². The zero-order valence-electron chi connectivity index (χ0n) is 16.4. The van der Waals surface area contributed by atoms with Crippen LogP contribution in [0.1, 0.15) is 19.8 Å². The molecule has 0 aliphatic carbocycles. The maximum Gasteiger partial charge on any atom is 0.409 e. The first-order valence-electron chi connectivity index (χ1n) is 9.79. The van der Waals surface area contributed by atoms with Gasteiger partial charge in [-0.3, -0.25) is 4.79 Å². The molecule has 0 saturated carbocycles. The Hall–Kier alpha value is -1.84. The zero-order chi connectivity index (χ0) is 21.0. The molecule has 0 unspecified atom stereocenters. The fourth-order valence-electron chi connectivity index (χ4n) is 3.70. The largest absolute Gasteiger partial charge is 0.450 e. The van der Waals surface area contributed by atoms with E-state index in [-0.39, 0.29) is 29.4 Å². The van der Waals surface area contributed by atoms with Crippen molar-refractivity contribution in [1.29, 1.82) is 0 Å². The Morgan fingerprint density at radius 1 is 1.07 bits per heavy atom. The quantitative estimate of drug-likeness (QED) is 0.710. The Labute approximate surface area is 176 Å². The lowest BCUT2D eigenvalue weighted by molar-refractivity contribution is -0.138. The van der Waals surface area contributed by atoms with Crippen molar-refractivity contribution in [2.45, 2.75) is 24.7 Å². The van der Waals surface area contributed by atoms with Crippen LogP contribution in [0, 0.1) is 5.92 Å². The van der Waals surface area contributed by atoms with Gasteiger partial charge in [-0.25, -0.2) is 13.2 Å². The van der Waals surface area contributed by atoms with E-state index < -0.39 is 10.0 Å². The molecule has 1 aromatic rings. The number of benzene rings is 1. The number of nitrogens with zero attached hydrogens (tertiary/aromatic N) is 3. The van der Waals surface area contributed by atoms with Gasteiger partial charge in [0.15, 0.2) is 0 Å². The van der Waals surface area contributed by atoms with E-state index in [1.807, 2.05) is 0 Å². The van der Waals surface area contributed by atoms with Gasteiger partial charge in [0.05, 0.1) is 17.4 Å². The molecule has 2 saturated heterocycles. The first-order valence-corrected chi connectivity index (χ1v) is 11.6. The van der Waals surface area contributed by atoms with E-state index in [1.165, 1.54) is 16.4 Å². The summed E-state index contributed by atoms with van der Waals surface area (Å²) in [5.74, 6) is -0.426. The Balaban J connectivity index is 1.61. The summed E-state index contributed by atoms with van der Waals surface area (Å²) in [6, 6.07) is 6.06. The highest BCUT2D eigenvalue weighted by Gasteiger charge is 2.36. The SMILES string of the molecule is CCOC(=O)N1CCN(C(=O)[C@@H]2CCCN(S(=O)(=O)c3ccc(Cl)cc3)C2)CC1. The van der Waals surface area contributed by atoms with Crippen molar-refractivity contribution in [3.8, 4) is 0 Å². The van der Waals surface area contributed by atoms with Gasteiger partial charge in [-0.2, -0.15) is 4.31 Å². The minimum atomic E-state index is -3.67. The number of hydrogen-bond donors (Lipinski definition) is 0. The van der Waals surface area contributed by atoms with Gasteiger partial charge >= 0.3 is 6.09 Å². The monoisotopic (exact) mass is 443 g/mol. The van der Waals surface area contributed by atoms with Crippen LogP contribution >= 0.6 is 11.6 Å². The Morgan fingerprint density at radius 3 is 2.31 bits per heavy atom. The molecule has 10 heteroatoms. The number of carbonyl (C=O) groups is 2. The topological polar surface area (TPSA) is 87.2 Å². The molecule has 2 aliphatic rings. The van der Waals surface area contributed by atoms with Crippen LogP contribution in [-0.2, 0) is 19.6 Å². The maximum absolute atomic E-state index is 13.0. The average molecular weight is 444 g/mol. The number of halogens is 1. The molecule has 0 radical (unpaired) electrons. The molecule has 2 amide bonds. The van der Waals surface area contributed by atoms with Crippen molar-refractivity contribution in [1.82, 2.24) is 14.1 Å². The summed E-state index contributed by atoms with van der Waals surface area (Å²) < 4.78 is 32.2. The Bertz CT molecular complexity index is 838. The number of carbonyl (C=O) groups excluding carboxylic acids is 2. The van der Waals surface area contributed by atoms with E-state index in [2.05, 4.69) is 0 Å². The van der Waals surface area contributed by atoms with Crippen LogP contribution in [-0.4, -0.2) is 80.4 Å². The molecule has 1 aromatic carbocycles. The summed E-state index contributed by atoms with van der Waals surface area (Å²) in [5, 5.41) is 0.470. The molecule has 0 spiro atoms. The van der Waals surface area contributed by atoms with Crippen LogP contribution in [0.4, 0.5) is 4.79 Å². The van der Waals surface area contributed by atoms with Gasteiger partial charge in [0.2, 0.25) is 15.9 Å². The van der Waals surface area contributed by atoms with Gasteiger partial charge in [0.1, 0.15) is 0 Å². The average Bonchev–Trinajstić information content (AvgIpc) is 2.74. The van der Waals surface area contributed by atoms with Crippen LogP contribution in [0.5, 0.6) is 0 Å². The molecule has 29 heavy (non-hydrogen) atoms. The van der Waals surface area contributed by atoms with E-state index in [0.717, 1.165) is 0 Å². The van der Waals surface area contributed by atoms with E-state index in [4.69, 9.17) is 16.3 Å². The number of hydrogen-bond acceptors (Lipinski definition) is 5. The maximum atomic E-state index is 13.0. The van der Waals surface area contributed by atoms with E-state index in [9.17, 15) is 18.0 Å². The molecule has 2 heterocycles. The van der Waals surface area contributed by atoms with Gasteiger partial charge in [0, 0.05) is 44.3 Å². The van der Waals surface area contributed by atoms with Crippen LogP contribution in [0.2, 0.25) is 5.02 Å². The first-order chi connectivity index (χ1) is 13.8. The molecule has 8 nitrogen and oxygen atoms in total. The third-order valence-electron chi connectivity index (χ3n) is 5.30. The first kappa shape index (κ1) is 21.9. The van der Waals surface area contributed by atoms with Gasteiger partial charge in [-0.15, -0.1) is 0 Å². The highest BCUT2D eigenvalue weighted by molar-refractivity contribution is 7.89. The second-order valence-electron chi connectivity index (χ2n) is 7.17. The second kappa shape index (κ2) is 9.32. The summed E-state index contributed by atoms with van der Waals surface area (Å²) in [7, 11) is -3.67. The molecule has 0 aromatic heterocycles. The number of piperidine rings is 1. The van der Waals surface area contributed by atoms with Crippen molar-refractivity contribution < 1.29 is 22.7 Å². The third-order valence-corrected chi connectivity index (χ3v) is 7.43. The molecule has 1 atom stereocenters. The molecule has 160 valence electrons. The molecule has 3 rings (SSSR count). The fraction of sp³-hybridized carbons (Fsp3) is 0.579. The van der Waals surface area contributed by atoms with E-state index in [0.29, 0.717) is 57.2 Å². The van der Waals surface area contributed by atoms with Gasteiger partial charge < -0.3 is 14.5 Å². The normalized spacial score (nSPS) is 21.1. The van der Waals surface area contributed by atoms with Gasteiger partial charge in [0.25, 0.3) is 0 Å². The zero-order valence-corrected chi connectivity index (χ0v) is 18.0. The minimum absolute atomic E-state index is 0.0514. The lowest BCUT2D eigenvalue weighted by Crippen LogP contribution is -2.54. The third kappa shape index (κ3) is 5.02. The Kier molecular flexibility index (Phi) is 7.02. The van der Waals surface area contributed by atoms with Crippen LogP contribution in [0.3, 0.4) is 0 Å². The van der Waals surface area contributed by atoms with Crippen molar-refractivity contribution in [3.63, 3.8) is 0 Å². The Morgan fingerprint density at radius 2 is 1.69 bits per heavy atom. The second-order valence-corrected chi connectivity index (χ2v) is 9.54. The minimum Gasteiger partial charge on any atom is -0.450 e. The number of ether oxygens (including phenoxy) is 1. The summed E-state index contributed by atoms with van der Waals surface area (Å²) in [4.78, 5) is 28.3. The standard InChI is InChI=1S/C19H26ClN3O5S/c1-2-28-19(25)22-12-10-21(11-13-22)18(24)15-4-3-9-23(14-15)29(26,27)17-7-5-16(20)6-8-17/h5-8,15H,2-4,9-14H2,1H3/t15-/m1/s1. The lowest BCUT2D eigenvalue weighted by atomic mass is 9.98. The van der Waals surface area contributed by atoms with Crippen molar-refractivity contribution in [3.05, 3.63) is 29.3 Å². The van der Waals surface area contributed by atoms with E-state index >= 15 is 0 Å². The fourth-order valence-corrected chi connectivity index (χ4v) is 5.35. The van der Waals surface area contributed by atoms with Crippen molar-refractivity contribution in [2.24, 2.45) is 5.92 Å². The lowest BCUT2D eigenvalue weighted by Gasteiger charge is -2.38. The number of amides is 2. The molecular weight excluding hydrogens is 418 g/mol. The summed E-state index contributed by atoms with van der Waals surface area (Å²) in [5.41, 5.74) is 0. The van der Waals surface area contributed by atoms with Crippen LogP contribution in [0.25, 0.3) is 0 Å². The smallest absolute Gasteiger partial charge is 0.409 e. The van der Waals surface area contributed by atoms with E-state index in [1.54, 1.807) is 28.9 Å². The highest BCUT2D eigenvalue weighted by Crippen LogP contribution is 2.26. The highest BCUT2D eigenvalue weighted by atomic mass is 35.5. The predicted octanol–water partition coefficient (Wildman–Crippen LogP) is 2.04. The molecular formula is C19H26ClN3O5S. The summed E-state index contributed by atoms with van der Waals surface area (Å²) in [6.45, 7) is 4.33. The van der Waals surface area contributed by atoms with Gasteiger partial charge in [-0.1, -0.05) is 11.6 Å². The van der Waals surface area contributed by atoms with Gasteiger partial charge in [-0.05, 0) is 44.0 Å². The van der Waals surface area contributed by atoms with Crippen molar-refractivity contribution in [2.75, 3.05) is 45.9 Å². The molecule has 0 N–H and O–H groups in total. The molecule has 2 fully saturated rings. The predicted molar refractivity (Wildman–Crippen MR) is 108 cm³/mol.